The lowest BCUT2D eigenvalue weighted by molar-refractivity contribution is 0.0939. The summed E-state index contributed by atoms with van der Waals surface area (Å²) in [6, 6.07) is 10.5. The molecule has 0 spiro atoms. The molecule has 0 fully saturated rings. The number of nitrogens with one attached hydrogen (secondary N) is 1. The van der Waals surface area contributed by atoms with Crippen molar-refractivity contribution in [2.45, 2.75) is 45.6 Å². The number of hydrogen-bond donors (Lipinski definition) is 1. The number of carbonyl (C=O) groups is 1. The average molecular weight is 444 g/mol. The number of rotatable bonds is 5. The van der Waals surface area contributed by atoms with Gasteiger partial charge in [0.2, 0.25) is 0 Å². The Balaban J connectivity index is 1.42. The second-order valence-electron chi connectivity index (χ2n) is 8.32. The van der Waals surface area contributed by atoms with Crippen LogP contribution in [0.3, 0.4) is 0 Å². The molecule has 1 amide bonds. The van der Waals surface area contributed by atoms with E-state index in [0.717, 1.165) is 48.2 Å². The molecule has 4 aromatic rings. The minimum absolute atomic E-state index is 0.0279. The van der Waals surface area contributed by atoms with E-state index in [9.17, 15) is 4.79 Å². The molecule has 1 N–H and O–H groups in total. The summed E-state index contributed by atoms with van der Waals surface area (Å²) in [5, 5.41) is 11.7. The largest absolute Gasteiger partial charge is 0.349 e. The monoisotopic (exact) mass is 443 g/mol. The first-order chi connectivity index (χ1) is 15.6. The zero-order chi connectivity index (χ0) is 22.1. The fourth-order valence-electron chi connectivity index (χ4n) is 4.30. The maximum atomic E-state index is 12.9. The number of fused-ring (bicyclic) bond motifs is 3. The van der Waals surface area contributed by atoms with Gasteiger partial charge in [0.05, 0.1) is 23.1 Å². The lowest BCUT2D eigenvalue weighted by atomic mass is 10.0. The lowest BCUT2D eigenvalue weighted by Crippen LogP contribution is -2.34. The standard InChI is InChI=1S/C25H25N5OS/c1-16(12-18-10-11-32-15-18)28-24(31)22-14-27-30(17(22)2)25-26-13-20-8-5-7-19-6-3-4-9-21(19)23(20)29-25/h3-4,6,9-11,13-16H,5,7-8,12H2,1-2H3,(H,28,31)/t16-/m1/s1. The van der Waals surface area contributed by atoms with Gasteiger partial charge in [-0.1, -0.05) is 24.3 Å². The highest BCUT2D eigenvalue weighted by Gasteiger charge is 2.21. The van der Waals surface area contributed by atoms with Crippen LogP contribution in [0.4, 0.5) is 0 Å². The van der Waals surface area contributed by atoms with Crippen molar-refractivity contribution >= 4 is 17.2 Å². The van der Waals surface area contributed by atoms with Crippen molar-refractivity contribution in [3.05, 3.63) is 81.4 Å². The molecule has 1 aromatic carbocycles. The molecule has 3 aromatic heterocycles. The van der Waals surface area contributed by atoms with Gasteiger partial charge in [-0.25, -0.2) is 14.6 Å². The fourth-order valence-corrected chi connectivity index (χ4v) is 4.98. The first kappa shape index (κ1) is 20.6. The first-order valence-electron chi connectivity index (χ1n) is 10.9. The zero-order valence-electron chi connectivity index (χ0n) is 18.2. The van der Waals surface area contributed by atoms with Crippen LogP contribution in [0, 0.1) is 6.92 Å². The number of thiophene rings is 1. The van der Waals surface area contributed by atoms with E-state index in [1.807, 2.05) is 20.0 Å². The molecule has 32 heavy (non-hydrogen) atoms. The number of carbonyl (C=O) groups excluding carboxylic acids is 1. The van der Waals surface area contributed by atoms with Crippen LogP contribution in [0.25, 0.3) is 17.2 Å². The Morgan fingerprint density at radius 3 is 2.88 bits per heavy atom. The molecule has 1 aliphatic rings. The molecule has 0 radical (unpaired) electrons. The number of nitrogens with zero attached hydrogens (tertiary/aromatic N) is 4. The highest BCUT2D eigenvalue weighted by Crippen LogP contribution is 2.31. The highest BCUT2D eigenvalue weighted by molar-refractivity contribution is 7.07. The maximum Gasteiger partial charge on any atom is 0.254 e. The molecule has 1 aliphatic carbocycles. The third-order valence-corrected chi connectivity index (χ3v) is 6.69. The van der Waals surface area contributed by atoms with Crippen LogP contribution in [0.5, 0.6) is 0 Å². The summed E-state index contributed by atoms with van der Waals surface area (Å²) in [4.78, 5) is 22.4. The summed E-state index contributed by atoms with van der Waals surface area (Å²) in [6.45, 7) is 3.90. The predicted octanol–water partition coefficient (Wildman–Crippen LogP) is 4.55. The molecule has 0 saturated carbocycles. The first-order valence-corrected chi connectivity index (χ1v) is 11.9. The molecule has 0 unspecified atom stereocenters. The smallest absolute Gasteiger partial charge is 0.254 e. The van der Waals surface area contributed by atoms with E-state index in [4.69, 9.17) is 4.98 Å². The number of amides is 1. The van der Waals surface area contributed by atoms with Gasteiger partial charge in [0.15, 0.2) is 0 Å². The Bertz CT molecular complexity index is 1260. The summed E-state index contributed by atoms with van der Waals surface area (Å²) >= 11 is 1.67. The van der Waals surface area contributed by atoms with E-state index in [0.29, 0.717) is 11.5 Å². The summed E-state index contributed by atoms with van der Waals surface area (Å²) in [5.74, 6) is 0.361. The summed E-state index contributed by atoms with van der Waals surface area (Å²) in [7, 11) is 0. The van der Waals surface area contributed by atoms with Gasteiger partial charge < -0.3 is 5.32 Å². The molecule has 7 heteroatoms. The van der Waals surface area contributed by atoms with E-state index in [1.165, 1.54) is 11.1 Å². The van der Waals surface area contributed by atoms with Gasteiger partial charge in [-0.2, -0.15) is 16.4 Å². The third-order valence-electron chi connectivity index (χ3n) is 5.96. The van der Waals surface area contributed by atoms with Gasteiger partial charge >= 0.3 is 0 Å². The van der Waals surface area contributed by atoms with E-state index < -0.39 is 0 Å². The van der Waals surface area contributed by atoms with Gasteiger partial charge in [0.25, 0.3) is 11.9 Å². The minimum atomic E-state index is -0.128. The Morgan fingerprint density at radius 1 is 1.19 bits per heavy atom. The summed E-state index contributed by atoms with van der Waals surface area (Å²) in [5.41, 5.74) is 7.10. The van der Waals surface area contributed by atoms with E-state index >= 15 is 0 Å². The van der Waals surface area contributed by atoms with Crippen LogP contribution in [-0.4, -0.2) is 31.7 Å². The molecule has 5 rings (SSSR count). The molecule has 0 bridgehead atoms. The Hall–Kier alpha value is -3.32. The van der Waals surface area contributed by atoms with Crippen molar-refractivity contribution in [2.24, 2.45) is 0 Å². The van der Waals surface area contributed by atoms with Crippen molar-refractivity contribution in [3.63, 3.8) is 0 Å². The molecule has 1 atom stereocenters. The second kappa shape index (κ2) is 8.67. The van der Waals surface area contributed by atoms with Gasteiger partial charge in [-0.3, -0.25) is 4.79 Å². The van der Waals surface area contributed by atoms with Gasteiger partial charge in [0.1, 0.15) is 0 Å². The summed E-state index contributed by atoms with van der Waals surface area (Å²) < 4.78 is 1.66. The molecule has 0 saturated heterocycles. The number of aryl methyl sites for hydroxylation is 2. The average Bonchev–Trinajstić information content (AvgIpc) is 3.39. The third kappa shape index (κ3) is 3.96. The van der Waals surface area contributed by atoms with E-state index in [-0.39, 0.29) is 11.9 Å². The second-order valence-corrected chi connectivity index (χ2v) is 9.10. The maximum absolute atomic E-state index is 12.9. The molecular weight excluding hydrogens is 418 g/mol. The number of hydrogen-bond acceptors (Lipinski definition) is 5. The molecule has 6 nitrogen and oxygen atoms in total. The topological polar surface area (TPSA) is 72.7 Å². The molecule has 0 aliphatic heterocycles. The summed E-state index contributed by atoms with van der Waals surface area (Å²) in [6.07, 6.45) is 7.39. The van der Waals surface area contributed by atoms with Crippen LogP contribution in [-0.2, 0) is 19.3 Å². The Kier molecular flexibility index (Phi) is 5.57. The van der Waals surface area contributed by atoms with Crippen LogP contribution in [0.15, 0.2) is 53.5 Å². The van der Waals surface area contributed by atoms with Crippen molar-refractivity contribution in [1.29, 1.82) is 0 Å². The zero-order valence-corrected chi connectivity index (χ0v) is 19.0. The quantitative estimate of drug-likeness (QED) is 0.491. The fraction of sp³-hybridized carbons (Fsp3) is 0.280. The van der Waals surface area contributed by atoms with Crippen molar-refractivity contribution in [3.8, 4) is 17.2 Å². The van der Waals surface area contributed by atoms with Gasteiger partial charge in [0, 0.05) is 17.8 Å². The van der Waals surface area contributed by atoms with Crippen LogP contribution in [0.2, 0.25) is 0 Å². The number of benzene rings is 1. The molecule has 162 valence electrons. The van der Waals surface area contributed by atoms with Crippen molar-refractivity contribution < 1.29 is 4.79 Å². The van der Waals surface area contributed by atoms with Crippen LogP contribution >= 0.6 is 11.3 Å². The van der Waals surface area contributed by atoms with E-state index in [2.05, 4.69) is 56.5 Å². The molecular formula is C25H25N5OS. The SMILES string of the molecule is Cc1c(C(=O)N[C@H](C)Cc2ccsc2)cnn1-c1ncc2c(n1)-c1ccccc1CCC2. The Morgan fingerprint density at radius 2 is 2.03 bits per heavy atom. The van der Waals surface area contributed by atoms with Crippen molar-refractivity contribution in [1.82, 2.24) is 25.1 Å². The van der Waals surface area contributed by atoms with E-state index in [1.54, 1.807) is 22.2 Å². The number of aromatic nitrogens is 4. The van der Waals surface area contributed by atoms with Crippen LogP contribution in [0.1, 0.15) is 46.1 Å². The van der Waals surface area contributed by atoms with Gasteiger partial charge in [-0.05, 0) is 73.0 Å². The lowest BCUT2D eigenvalue weighted by Gasteiger charge is -2.13. The molecule has 3 heterocycles. The highest BCUT2D eigenvalue weighted by atomic mass is 32.1. The normalized spacial score (nSPS) is 13.7. The van der Waals surface area contributed by atoms with Gasteiger partial charge in [-0.15, -0.1) is 0 Å². The van der Waals surface area contributed by atoms with Crippen molar-refractivity contribution in [2.75, 3.05) is 0 Å². The Labute approximate surface area is 191 Å². The minimum Gasteiger partial charge on any atom is -0.349 e. The van der Waals surface area contributed by atoms with Crippen LogP contribution < -0.4 is 5.32 Å². The predicted molar refractivity (Wildman–Crippen MR) is 126 cm³/mol.